The number of carbonyl (C=O) groups is 1. The van der Waals surface area contributed by atoms with Crippen LogP contribution in [-0.4, -0.2) is 36.8 Å². The summed E-state index contributed by atoms with van der Waals surface area (Å²) >= 11 is 0. The Balaban J connectivity index is 2.25. The molecular weight excluding hydrogens is 268 g/mol. The number of carbonyl (C=O) groups excluding carboxylic acids is 1. The van der Waals surface area contributed by atoms with Gasteiger partial charge in [-0.25, -0.2) is 0 Å². The monoisotopic (exact) mass is 294 g/mol. The maximum atomic E-state index is 11.2. The molecule has 0 saturated heterocycles. The van der Waals surface area contributed by atoms with Crippen molar-refractivity contribution < 1.29 is 14.6 Å². The van der Waals surface area contributed by atoms with E-state index in [0.717, 1.165) is 5.56 Å². The SMILES string of the molecule is CC(OCC(O)CNCC(C)(C)C(N)=O)c1ccccc1. The van der Waals surface area contributed by atoms with Gasteiger partial charge in [0.25, 0.3) is 0 Å². The Morgan fingerprint density at radius 1 is 1.38 bits per heavy atom. The quantitative estimate of drug-likeness (QED) is 0.639. The fraction of sp³-hybridized carbons (Fsp3) is 0.562. The van der Waals surface area contributed by atoms with Crippen LogP contribution in [0.3, 0.4) is 0 Å². The second kappa shape index (κ2) is 8.12. The molecule has 0 aliphatic carbocycles. The lowest BCUT2D eigenvalue weighted by Gasteiger charge is -2.22. The molecule has 5 nitrogen and oxygen atoms in total. The summed E-state index contributed by atoms with van der Waals surface area (Å²) in [6.45, 7) is 6.50. The predicted molar refractivity (Wildman–Crippen MR) is 82.7 cm³/mol. The largest absolute Gasteiger partial charge is 0.389 e. The van der Waals surface area contributed by atoms with Gasteiger partial charge >= 0.3 is 0 Å². The summed E-state index contributed by atoms with van der Waals surface area (Å²) in [5.74, 6) is -0.363. The number of rotatable bonds is 9. The van der Waals surface area contributed by atoms with E-state index in [1.54, 1.807) is 13.8 Å². The molecule has 1 amide bonds. The van der Waals surface area contributed by atoms with Crippen molar-refractivity contribution in [3.8, 4) is 0 Å². The summed E-state index contributed by atoms with van der Waals surface area (Å²) in [7, 11) is 0. The van der Waals surface area contributed by atoms with Crippen molar-refractivity contribution in [1.82, 2.24) is 5.32 Å². The lowest BCUT2D eigenvalue weighted by atomic mass is 9.93. The van der Waals surface area contributed by atoms with E-state index in [-0.39, 0.29) is 18.6 Å². The molecule has 0 saturated carbocycles. The van der Waals surface area contributed by atoms with Crippen LogP contribution < -0.4 is 11.1 Å². The molecule has 2 atom stereocenters. The van der Waals surface area contributed by atoms with Gasteiger partial charge in [-0.3, -0.25) is 4.79 Å². The van der Waals surface area contributed by atoms with Gasteiger partial charge in [-0.05, 0) is 26.3 Å². The van der Waals surface area contributed by atoms with Crippen molar-refractivity contribution in [2.24, 2.45) is 11.1 Å². The Labute approximate surface area is 126 Å². The first-order valence-electron chi connectivity index (χ1n) is 7.18. The average Bonchev–Trinajstić information content (AvgIpc) is 2.45. The van der Waals surface area contributed by atoms with Crippen LogP contribution in [0, 0.1) is 5.41 Å². The van der Waals surface area contributed by atoms with Gasteiger partial charge in [-0.2, -0.15) is 0 Å². The number of hydrogen-bond acceptors (Lipinski definition) is 4. The van der Waals surface area contributed by atoms with E-state index >= 15 is 0 Å². The molecular formula is C16H26N2O3. The van der Waals surface area contributed by atoms with Gasteiger partial charge in [-0.15, -0.1) is 0 Å². The van der Waals surface area contributed by atoms with Crippen LogP contribution in [0.15, 0.2) is 30.3 Å². The highest BCUT2D eigenvalue weighted by molar-refractivity contribution is 5.80. The Bertz CT molecular complexity index is 434. The van der Waals surface area contributed by atoms with Gasteiger partial charge in [-0.1, -0.05) is 30.3 Å². The van der Waals surface area contributed by atoms with Crippen LogP contribution in [-0.2, 0) is 9.53 Å². The van der Waals surface area contributed by atoms with E-state index in [1.165, 1.54) is 0 Å². The second-order valence-corrected chi connectivity index (χ2v) is 5.92. The molecule has 1 aromatic carbocycles. The van der Waals surface area contributed by atoms with E-state index in [2.05, 4.69) is 5.32 Å². The third kappa shape index (κ3) is 6.25. The Kier molecular flexibility index (Phi) is 6.81. The van der Waals surface area contributed by atoms with Crippen molar-refractivity contribution in [2.45, 2.75) is 33.0 Å². The van der Waals surface area contributed by atoms with Crippen LogP contribution in [0.25, 0.3) is 0 Å². The van der Waals surface area contributed by atoms with Gasteiger partial charge < -0.3 is 20.9 Å². The van der Waals surface area contributed by atoms with Crippen LogP contribution in [0.4, 0.5) is 0 Å². The molecule has 0 bridgehead atoms. The minimum absolute atomic E-state index is 0.0667. The molecule has 0 aromatic heterocycles. The van der Waals surface area contributed by atoms with E-state index in [4.69, 9.17) is 10.5 Å². The van der Waals surface area contributed by atoms with Crippen LogP contribution in [0.1, 0.15) is 32.4 Å². The number of aliphatic hydroxyl groups is 1. The number of nitrogens with two attached hydrogens (primary N) is 1. The molecule has 0 aliphatic heterocycles. The van der Waals surface area contributed by atoms with Crippen molar-refractivity contribution in [2.75, 3.05) is 19.7 Å². The van der Waals surface area contributed by atoms with Crippen LogP contribution in [0.2, 0.25) is 0 Å². The molecule has 5 heteroatoms. The molecule has 21 heavy (non-hydrogen) atoms. The summed E-state index contributed by atoms with van der Waals surface area (Å²) in [6.07, 6.45) is -0.692. The van der Waals surface area contributed by atoms with Gasteiger partial charge in [0.05, 0.1) is 24.2 Å². The summed E-state index contributed by atoms with van der Waals surface area (Å²) in [5.41, 5.74) is 5.73. The highest BCUT2D eigenvalue weighted by Crippen LogP contribution is 2.16. The molecule has 0 radical (unpaired) electrons. The molecule has 0 aliphatic rings. The minimum Gasteiger partial charge on any atom is -0.389 e. The Morgan fingerprint density at radius 2 is 2.00 bits per heavy atom. The summed E-state index contributed by atoms with van der Waals surface area (Å²) in [6, 6.07) is 9.85. The highest BCUT2D eigenvalue weighted by atomic mass is 16.5. The summed E-state index contributed by atoms with van der Waals surface area (Å²) in [4.78, 5) is 11.2. The van der Waals surface area contributed by atoms with Gasteiger partial charge in [0.1, 0.15) is 0 Å². The zero-order chi connectivity index (χ0) is 15.9. The van der Waals surface area contributed by atoms with Crippen LogP contribution >= 0.6 is 0 Å². The maximum absolute atomic E-state index is 11.2. The molecule has 1 aromatic rings. The van der Waals surface area contributed by atoms with Gasteiger partial charge in [0.15, 0.2) is 0 Å². The molecule has 1 rings (SSSR count). The fourth-order valence-electron chi connectivity index (χ4n) is 1.77. The Hall–Kier alpha value is -1.43. The Morgan fingerprint density at radius 3 is 2.57 bits per heavy atom. The number of aliphatic hydroxyl groups excluding tert-OH is 1. The first kappa shape index (κ1) is 17.6. The number of primary amides is 1. The number of hydrogen-bond donors (Lipinski definition) is 3. The second-order valence-electron chi connectivity index (χ2n) is 5.92. The zero-order valence-electron chi connectivity index (χ0n) is 13.0. The predicted octanol–water partition coefficient (Wildman–Crippen LogP) is 1.23. The molecule has 4 N–H and O–H groups in total. The van der Waals surface area contributed by atoms with E-state index < -0.39 is 11.5 Å². The fourth-order valence-corrected chi connectivity index (χ4v) is 1.77. The molecule has 118 valence electrons. The number of ether oxygens (including phenoxy) is 1. The normalized spacial score (nSPS) is 14.7. The molecule has 2 unspecified atom stereocenters. The number of benzene rings is 1. The zero-order valence-corrected chi connectivity index (χ0v) is 13.0. The van der Waals surface area contributed by atoms with Crippen molar-refractivity contribution in [3.63, 3.8) is 0 Å². The third-order valence-electron chi connectivity index (χ3n) is 3.42. The average molecular weight is 294 g/mol. The molecule has 0 spiro atoms. The summed E-state index contributed by atoms with van der Waals surface area (Å²) < 4.78 is 5.64. The third-order valence-corrected chi connectivity index (χ3v) is 3.42. The number of nitrogens with one attached hydrogen (secondary N) is 1. The first-order chi connectivity index (χ1) is 9.83. The van der Waals surface area contributed by atoms with E-state index in [9.17, 15) is 9.90 Å². The van der Waals surface area contributed by atoms with E-state index in [1.807, 2.05) is 37.3 Å². The lowest BCUT2D eigenvalue weighted by Crippen LogP contribution is -2.43. The first-order valence-corrected chi connectivity index (χ1v) is 7.18. The van der Waals surface area contributed by atoms with Crippen molar-refractivity contribution in [1.29, 1.82) is 0 Å². The van der Waals surface area contributed by atoms with Gasteiger partial charge in [0.2, 0.25) is 5.91 Å². The van der Waals surface area contributed by atoms with Crippen molar-refractivity contribution >= 4 is 5.91 Å². The smallest absolute Gasteiger partial charge is 0.224 e. The summed E-state index contributed by atoms with van der Waals surface area (Å²) in [5, 5.41) is 12.9. The molecule has 0 fully saturated rings. The highest BCUT2D eigenvalue weighted by Gasteiger charge is 2.24. The minimum atomic E-state index is -0.627. The lowest BCUT2D eigenvalue weighted by molar-refractivity contribution is -0.125. The number of amides is 1. The van der Waals surface area contributed by atoms with E-state index in [0.29, 0.717) is 13.1 Å². The topological polar surface area (TPSA) is 84.6 Å². The maximum Gasteiger partial charge on any atom is 0.224 e. The van der Waals surface area contributed by atoms with Crippen LogP contribution in [0.5, 0.6) is 0 Å². The standard InChI is InChI=1S/C16H26N2O3/c1-12(13-7-5-4-6-8-13)21-10-14(19)9-18-11-16(2,3)15(17)20/h4-8,12,14,18-19H,9-11H2,1-3H3,(H2,17,20). The molecule has 0 heterocycles. The van der Waals surface area contributed by atoms with Gasteiger partial charge in [0, 0.05) is 13.1 Å². The van der Waals surface area contributed by atoms with Crippen molar-refractivity contribution in [3.05, 3.63) is 35.9 Å².